The summed E-state index contributed by atoms with van der Waals surface area (Å²) in [6.45, 7) is 1.21. The number of H-pyrrole nitrogens is 1. The number of benzene rings is 2. The quantitative estimate of drug-likeness (QED) is 0.373. The van der Waals surface area contributed by atoms with Gasteiger partial charge in [0.15, 0.2) is 5.82 Å². The number of aromatic nitrogens is 3. The fourth-order valence-corrected chi connectivity index (χ4v) is 3.13. The van der Waals surface area contributed by atoms with Gasteiger partial charge in [0.2, 0.25) is 5.91 Å². The summed E-state index contributed by atoms with van der Waals surface area (Å²) in [4.78, 5) is 52.7. The van der Waals surface area contributed by atoms with Crippen molar-refractivity contribution in [1.82, 2.24) is 20.1 Å². The molecular weight excluding hydrogens is 392 g/mol. The third kappa shape index (κ3) is 3.28. The summed E-state index contributed by atoms with van der Waals surface area (Å²) in [6, 6.07) is 10.5. The summed E-state index contributed by atoms with van der Waals surface area (Å²) >= 11 is 0. The van der Waals surface area contributed by atoms with Crippen LogP contribution in [0, 0.1) is 17.0 Å². The summed E-state index contributed by atoms with van der Waals surface area (Å²) < 4.78 is 0. The maximum absolute atomic E-state index is 12.5. The molecule has 150 valence electrons. The molecule has 30 heavy (non-hydrogen) atoms. The second kappa shape index (κ2) is 7.20. The Labute approximate surface area is 168 Å². The third-order valence-corrected chi connectivity index (χ3v) is 4.50. The first-order chi connectivity index (χ1) is 14.3. The topological polar surface area (TPSA) is 151 Å². The molecule has 4 rings (SSSR count). The number of rotatable bonds is 5. The van der Waals surface area contributed by atoms with Gasteiger partial charge in [-0.3, -0.25) is 34.5 Å². The average Bonchev–Trinajstić information content (AvgIpc) is 3.26. The van der Waals surface area contributed by atoms with E-state index in [9.17, 15) is 24.5 Å². The molecule has 0 aliphatic carbocycles. The summed E-state index contributed by atoms with van der Waals surface area (Å²) in [7, 11) is 0. The second-order valence-electron chi connectivity index (χ2n) is 6.52. The molecule has 0 spiro atoms. The van der Waals surface area contributed by atoms with E-state index in [1.807, 2.05) is 0 Å². The Morgan fingerprint density at radius 1 is 1.17 bits per heavy atom. The first-order valence-corrected chi connectivity index (χ1v) is 8.78. The molecular formula is C19H14N6O5. The number of imide groups is 1. The molecule has 3 amide bonds. The number of carbonyl (C=O) groups excluding carboxylic acids is 3. The normalized spacial score (nSPS) is 12.8. The van der Waals surface area contributed by atoms with Gasteiger partial charge in [0, 0.05) is 17.3 Å². The van der Waals surface area contributed by atoms with Crippen LogP contribution < -0.4 is 5.32 Å². The van der Waals surface area contributed by atoms with Crippen molar-refractivity contribution in [2.24, 2.45) is 0 Å². The van der Waals surface area contributed by atoms with Crippen LogP contribution in [0.15, 0.2) is 42.5 Å². The molecule has 1 aliphatic heterocycles. The van der Waals surface area contributed by atoms with Gasteiger partial charge < -0.3 is 5.32 Å². The van der Waals surface area contributed by atoms with E-state index < -0.39 is 34.9 Å². The van der Waals surface area contributed by atoms with Crippen molar-refractivity contribution >= 4 is 29.1 Å². The summed E-state index contributed by atoms with van der Waals surface area (Å²) in [5.41, 5.74) is 0.328. The Kier molecular flexibility index (Phi) is 4.54. The van der Waals surface area contributed by atoms with Gasteiger partial charge >= 0.3 is 0 Å². The van der Waals surface area contributed by atoms with Crippen LogP contribution in [0.1, 0.15) is 26.5 Å². The number of aromatic amines is 1. The van der Waals surface area contributed by atoms with Crippen LogP contribution in [0.25, 0.3) is 11.4 Å². The molecule has 2 heterocycles. The lowest BCUT2D eigenvalue weighted by Gasteiger charge is -2.13. The first-order valence-electron chi connectivity index (χ1n) is 8.78. The van der Waals surface area contributed by atoms with Crippen LogP contribution in [0.4, 0.5) is 11.4 Å². The molecule has 0 radical (unpaired) electrons. The maximum atomic E-state index is 12.5. The van der Waals surface area contributed by atoms with Crippen molar-refractivity contribution < 1.29 is 19.3 Å². The van der Waals surface area contributed by atoms with Crippen molar-refractivity contribution in [2.75, 3.05) is 11.9 Å². The number of fused-ring (bicyclic) bond motifs is 1. The number of aryl methyl sites for hydroxylation is 1. The van der Waals surface area contributed by atoms with E-state index in [4.69, 9.17) is 0 Å². The number of amides is 3. The molecule has 0 saturated carbocycles. The third-order valence-electron chi connectivity index (χ3n) is 4.50. The van der Waals surface area contributed by atoms with E-state index in [1.165, 1.54) is 12.1 Å². The van der Waals surface area contributed by atoms with E-state index in [1.54, 1.807) is 31.2 Å². The van der Waals surface area contributed by atoms with Crippen molar-refractivity contribution in [2.45, 2.75) is 6.92 Å². The minimum Gasteiger partial charge on any atom is -0.325 e. The number of nitro groups is 1. The largest absolute Gasteiger partial charge is 0.325 e. The molecule has 2 aromatic carbocycles. The number of carbonyl (C=O) groups is 3. The van der Waals surface area contributed by atoms with Gasteiger partial charge in [-0.1, -0.05) is 6.07 Å². The molecule has 3 aromatic rings. The van der Waals surface area contributed by atoms with Gasteiger partial charge in [-0.25, -0.2) is 4.98 Å². The van der Waals surface area contributed by atoms with E-state index >= 15 is 0 Å². The highest BCUT2D eigenvalue weighted by Crippen LogP contribution is 2.30. The smallest absolute Gasteiger partial charge is 0.282 e. The first kappa shape index (κ1) is 18.9. The van der Waals surface area contributed by atoms with Crippen LogP contribution in [0.5, 0.6) is 0 Å². The molecule has 1 aliphatic rings. The van der Waals surface area contributed by atoms with E-state index in [0.717, 1.165) is 11.6 Å². The van der Waals surface area contributed by atoms with Crippen LogP contribution in [-0.4, -0.2) is 49.3 Å². The lowest BCUT2D eigenvalue weighted by molar-refractivity contribution is -0.385. The number of hydrogen-bond donors (Lipinski definition) is 2. The zero-order chi connectivity index (χ0) is 21.4. The number of nitrogens with zero attached hydrogens (tertiary/aromatic N) is 4. The molecule has 0 saturated heterocycles. The second-order valence-corrected chi connectivity index (χ2v) is 6.52. The highest BCUT2D eigenvalue weighted by atomic mass is 16.6. The molecule has 1 aromatic heterocycles. The fraction of sp³-hybridized carbons (Fsp3) is 0.105. The maximum Gasteiger partial charge on any atom is 0.282 e. The molecule has 0 atom stereocenters. The molecule has 2 N–H and O–H groups in total. The zero-order valence-corrected chi connectivity index (χ0v) is 15.6. The summed E-state index contributed by atoms with van der Waals surface area (Å²) in [6.07, 6.45) is 0. The van der Waals surface area contributed by atoms with Gasteiger partial charge in [0.05, 0.1) is 10.5 Å². The van der Waals surface area contributed by atoms with Crippen molar-refractivity contribution in [1.29, 1.82) is 0 Å². The van der Waals surface area contributed by atoms with Crippen LogP contribution in [-0.2, 0) is 4.79 Å². The standard InChI is InChI=1S/C19H14N6O5/c1-10-20-17(23-22-10)11-5-7-12(8-6-11)21-15(26)9-24-18(27)13-3-2-4-14(25(29)30)16(13)19(24)28/h2-8H,9H2,1H3,(H,21,26)(H,20,22,23). The number of nitrogens with one attached hydrogen (secondary N) is 2. The minimum atomic E-state index is -0.868. The van der Waals surface area contributed by atoms with Gasteiger partial charge in [-0.05, 0) is 37.3 Å². The monoisotopic (exact) mass is 406 g/mol. The van der Waals surface area contributed by atoms with Crippen molar-refractivity contribution in [3.8, 4) is 11.4 Å². The Bertz CT molecular complexity index is 1200. The molecule has 11 nitrogen and oxygen atoms in total. The van der Waals surface area contributed by atoms with Crippen molar-refractivity contribution in [3.05, 3.63) is 69.5 Å². The minimum absolute atomic E-state index is 0.0897. The Morgan fingerprint density at radius 2 is 1.90 bits per heavy atom. The van der Waals surface area contributed by atoms with Crippen molar-refractivity contribution in [3.63, 3.8) is 0 Å². The Morgan fingerprint density at radius 3 is 2.53 bits per heavy atom. The molecule has 0 bridgehead atoms. The van der Waals surface area contributed by atoms with E-state index in [0.29, 0.717) is 22.2 Å². The number of anilines is 1. The van der Waals surface area contributed by atoms with E-state index in [-0.39, 0.29) is 11.1 Å². The fourth-order valence-electron chi connectivity index (χ4n) is 3.13. The van der Waals surface area contributed by atoms with Gasteiger partial charge in [0.1, 0.15) is 17.9 Å². The van der Waals surface area contributed by atoms with Gasteiger partial charge in [0.25, 0.3) is 17.5 Å². The lowest BCUT2D eigenvalue weighted by atomic mass is 10.1. The Hall–Kier alpha value is -4.41. The summed E-state index contributed by atoms with van der Waals surface area (Å²) in [5.74, 6) is -1.05. The average molecular weight is 406 g/mol. The Balaban J connectivity index is 1.47. The lowest BCUT2D eigenvalue weighted by Crippen LogP contribution is -2.37. The summed E-state index contributed by atoms with van der Waals surface area (Å²) in [5, 5.41) is 20.5. The van der Waals surface area contributed by atoms with Crippen LogP contribution in [0.3, 0.4) is 0 Å². The van der Waals surface area contributed by atoms with E-state index in [2.05, 4.69) is 20.5 Å². The van der Waals surface area contributed by atoms with Gasteiger partial charge in [-0.2, -0.15) is 5.10 Å². The highest BCUT2D eigenvalue weighted by molar-refractivity contribution is 6.24. The SMILES string of the molecule is Cc1nc(-c2ccc(NC(=O)CN3C(=O)c4cccc([N+](=O)[O-])c4C3=O)cc2)n[nH]1. The zero-order valence-electron chi connectivity index (χ0n) is 15.6. The number of hydrogen-bond acceptors (Lipinski definition) is 7. The predicted molar refractivity (Wildman–Crippen MR) is 104 cm³/mol. The number of nitro benzene ring substituents is 1. The highest BCUT2D eigenvalue weighted by Gasteiger charge is 2.41. The molecule has 0 unspecified atom stereocenters. The molecule has 11 heteroatoms. The van der Waals surface area contributed by atoms with Crippen LogP contribution in [0.2, 0.25) is 0 Å². The van der Waals surface area contributed by atoms with Crippen LogP contribution >= 0.6 is 0 Å². The van der Waals surface area contributed by atoms with Gasteiger partial charge in [-0.15, -0.1) is 0 Å². The predicted octanol–water partition coefficient (Wildman–Crippen LogP) is 1.92. The molecule has 0 fully saturated rings.